The van der Waals surface area contributed by atoms with Crippen molar-refractivity contribution in [3.63, 3.8) is 0 Å². The van der Waals surface area contributed by atoms with E-state index in [-0.39, 0.29) is 5.56 Å². The number of hydrogen-bond donors (Lipinski definition) is 0. The Kier molecular flexibility index (Phi) is 6.75. The van der Waals surface area contributed by atoms with Crippen molar-refractivity contribution >= 4 is 46.7 Å². The number of ether oxygens (including phenoxy) is 1. The molecule has 0 saturated carbocycles. The molecule has 36 heavy (non-hydrogen) atoms. The predicted octanol–water partition coefficient (Wildman–Crippen LogP) is 5.04. The van der Waals surface area contributed by atoms with Crippen LogP contribution in [0.15, 0.2) is 91.0 Å². The number of benzene rings is 2. The van der Waals surface area contributed by atoms with E-state index in [2.05, 4.69) is 4.99 Å². The molecule has 1 atom stereocenters. The number of thiazole rings is 1. The van der Waals surface area contributed by atoms with Crippen molar-refractivity contribution in [2.75, 3.05) is 13.4 Å². The van der Waals surface area contributed by atoms with Gasteiger partial charge in [-0.25, -0.2) is 9.79 Å². The largest absolute Gasteiger partial charge is 0.466 e. The highest BCUT2D eigenvalue weighted by Crippen LogP contribution is 2.32. The fourth-order valence-electron chi connectivity index (χ4n) is 4.16. The summed E-state index contributed by atoms with van der Waals surface area (Å²) in [6.07, 6.45) is 3.68. The van der Waals surface area contributed by atoms with E-state index in [9.17, 15) is 9.59 Å². The van der Waals surface area contributed by atoms with Crippen molar-refractivity contribution in [3.05, 3.63) is 108 Å². The summed E-state index contributed by atoms with van der Waals surface area (Å²) in [6.45, 7) is 1.76. The average molecular weight is 537 g/mol. The van der Waals surface area contributed by atoms with Crippen LogP contribution in [0.2, 0.25) is 5.02 Å². The van der Waals surface area contributed by atoms with Crippen molar-refractivity contribution in [2.45, 2.75) is 17.9 Å². The summed E-state index contributed by atoms with van der Waals surface area (Å²) in [4.78, 5) is 32.6. The third-order valence-electron chi connectivity index (χ3n) is 5.90. The molecule has 0 saturated heterocycles. The number of halogens is 1. The van der Waals surface area contributed by atoms with Crippen LogP contribution in [0.25, 0.3) is 17.4 Å². The van der Waals surface area contributed by atoms with Gasteiger partial charge in [0.25, 0.3) is 5.56 Å². The molecule has 9 heteroatoms. The summed E-state index contributed by atoms with van der Waals surface area (Å²) in [5.41, 5.74) is 2.17. The number of rotatable bonds is 5. The summed E-state index contributed by atoms with van der Waals surface area (Å²) in [7, 11) is 1.33. The lowest BCUT2D eigenvalue weighted by Gasteiger charge is -2.24. The van der Waals surface area contributed by atoms with Crippen LogP contribution in [0.5, 0.6) is 0 Å². The van der Waals surface area contributed by atoms with E-state index in [1.807, 2.05) is 54.8 Å². The van der Waals surface area contributed by atoms with Gasteiger partial charge in [-0.3, -0.25) is 9.36 Å². The summed E-state index contributed by atoms with van der Waals surface area (Å²) in [5, 5.41) is 0.580. The number of carbonyl (C=O) groups excluding carboxylic acids is 1. The Morgan fingerprint density at radius 1 is 1.17 bits per heavy atom. The highest BCUT2D eigenvalue weighted by molar-refractivity contribution is 7.98. The van der Waals surface area contributed by atoms with Crippen molar-refractivity contribution in [2.24, 2.45) is 4.99 Å². The van der Waals surface area contributed by atoms with E-state index >= 15 is 0 Å². The molecule has 0 aliphatic carbocycles. The van der Waals surface area contributed by atoms with Gasteiger partial charge >= 0.3 is 5.97 Å². The average Bonchev–Trinajstić information content (AvgIpc) is 3.47. The molecule has 0 radical (unpaired) electrons. The Labute approximate surface area is 220 Å². The maximum absolute atomic E-state index is 13.7. The Hall–Kier alpha value is -3.33. The standard InChI is InChI=1S/C27H21ClN2O4S2/c1-15-23(26(32)33-2)24(16-8-11-18(35-3)12-9-16)30-25(31)22(36-27(30)29-15)14-17-10-13-21(34-17)19-6-4-5-7-20(19)28/h4-14,24H,1-3H3. The van der Waals surface area contributed by atoms with Crippen molar-refractivity contribution in [1.29, 1.82) is 0 Å². The molecule has 0 N–H and O–H groups in total. The first-order chi connectivity index (χ1) is 17.4. The van der Waals surface area contributed by atoms with Crippen LogP contribution in [0.3, 0.4) is 0 Å². The van der Waals surface area contributed by atoms with E-state index in [1.54, 1.807) is 41.5 Å². The zero-order chi connectivity index (χ0) is 25.4. The molecule has 0 amide bonds. The van der Waals surface area contributed by atoms with Gasteiger partial charge in [0.05, 0.1) is 34.0 Å². The second-order valence-electron chi connectivity index (χ2n) is 8.03. The van der Waals surface area contributed by atoms with Gasteiger partial charge in [0.1, 0.15) is 11.5 Å². The molecule has 6 nitrogen and oxygen atoms in total. The van der Waals surface area contributed by atoms with E-state index in [0.717, 1.165) is 16.0 Å². The number of nitrogens with zero attached hydrogens (tertiary/aromatic N) is 2. The zero-order valence-electron chi connectivity index (χ0n) is 19.7. The molecule has 1 aliphatic heterocycles. The van der Waals surface area contributed by atoms with Gasteiger partial charge in [-0.2, -0.15) is 0 Å². The molecule has 0 bridgehead atoms. The first kappa shape index (κ1) is 24.4. The number of hydrogen-bond acceptors (Lipinski definition) is 7. The fraction of sp³-hybridized carbons (Fsp3) is 0.148. The summed E-state index contributed by atoms with van der Waals surface area (Å²) < 4.78 is 13.0. The molecule has 0 fully saturated rings. The van der Waals surface area contributed by atoms with Gasteiger partial charge < -0.3 is 9.15 Å². The highest BCUT2D eigenvalue weighted by atomic mass is 35.5. The lowest BCUT2D eigenvalue weighted by Crippen LogP contribution is -2.39. The number of esters is 1. The van der Waals surface area contributed by atoms with Crippen LogP contribution in [0.4, 0.5) is 0 Å². The number of thioether (sulfide) groups is 1. The van der Waals surface area contributed by atoms with Gasteiger partial charge in [0.2, 0.25) is 0 Å². The Balaban J connectivity index is 1.65. The molecule has 4 aromatic rings. The van der Waals surface area contributed by atoms with Crippen LogP contribution >= 0.6 is 34.7 Å². The number of furan rings is 1. The van der Waals surface area contributed by atoms with Crippen molar-refractivity contribution in [3.8, 4) is 11.3 Å². The molecule has 0 spiro atoms. The molecule has 5 rings (SSSR count). The number of allylic oxidation sites excluding steroid dienone is 1. The summed E-state index contributed by atoms with van der Waals surface area (Å²) in [5.74, 6) is 0.607. The monoisotopic (exact) mass is 536 g/mol. The second-order valence-corrected chi connectivity index (χ2v) is 10.3. The smallest absolute Gasteiger partial charge is 0.338 e. The Bertz CT molecular complexity index is 1680. The van der Waals surface area contributed by atoms with E-state index in [0.29, 0.717) is 37.1 Å². The molecule has 182 valence electrons. The van der Waals surface area contributed by atoms with E-state index < -0.39 is 12.0 Å². The SMILES string of the molecule is COC(=O)C1=C(C)N=c2sc(=Cc3ccc(-c4ccccc4Cl)o3)c(=O)n2C1c1ccc(SC)cc1. The minimum absolute atomic E-state index is 0.262. The van der Waals surface area contributed by atoms with Crippen LogP contribution in [0.1, 0.15) is 24.3 Å². The number of fused-ring (bicyclic) bond motifs is 1. The second kappa shape index (κ2) is 9.97. The molecular formula is C27H21ClN2O4S2. The maximum atomic E-state index is 13.7. The van der Waals surface area contributed by atoms with Gasteiger partial charge in [-0.1, -0.05) is 47.2 Å². The fourth-order valence-corrected chi connectivity index (χ4v) is 5.82. The first-order valence-corrected chi connectivity index (χ1v) is 13.4. The first-order valence-electron chi connectivity index (χ1n) is 11.0. The lowest BCUT2D eigenvalue weighted by atomic mass is 9.96. The van der Waals surface area contributed by atoms with Crippen LogP contribution < -0.4 is 14.9 Å². The maximum Gasteiger partial charge on any atom is 0.338 e. The van der Waals surface area contributed by atoms with E-state index in [1.165, 1.54) is 18.4 Å². The number of aromatic nitrogens is 1. The molecule has 1 unspecified atom stereocenters. The molecule has 2 aromatic heterocycles. The third kappa shape index (κ3) is 4.36. The minimum atomic E-state index is -0.651. The van der Waals surface area contributed by atoms with Crippen molar-refractivity contribution < 1.29 is 13.9 Å². The molecule has 3 heterocycles. The van der Waals surface area contributed by atoms with Gasteiger partial charge in [-0.15, -0.1) is 11.8 Å². The summed E-state index contributed by atoms with van der Waals surface area (Å²) in [6, 6.07) is 18.2. The third-order valence-corrected chi connectivity index (χ3v) is 7.95. The normalized spacial score (nSPS) is 15.6. The van der Waals surface area contributed by atoms with Crippen LogP contribution in [-0.4, -0.2) is 23.9 Å². The number of methoxy groups -OCH3 is 1. The quantitative estimate of drug-likeness (QED) is 0.264. The predicted molar refractivity (Wildman–Crippen MR) is 143 cm³/mol. The van der Waals surface area contributed by atoms with E-state index in [4.69, 9.17) is 20.8 Å². The van der Waals surface area contributed by atoms with Crippen LogP contribution in [-0.2, 0) is 9.53 Å². The Morgan fingerprint density at radius 3 is 2.61 bits per heavy atom. The van der Waals surface area contributed by atoms with Crippen LogP contribution in [0, 0.1) is 0 Å². The summed E-state index contributed by atoms with van der Waals surface area (Å²) >= 11 is 9.17. The molecular weight excluding hydrogens is 516 g/mol. The Morgan fingerprint density at radius 2 is 1.92 bits per heavy atom. The highest BCUT2D eigenvalue weighted by Gasteiger charge is 2.33. The van der Waals surface area contributed by atoms with Crippen molar-refractivity contribution in [1.82, 2.24) is 4.57 Å². The molecule has 2 aromatic carbocycles. The topological polar surface area (TPSA) is 73.8 Å². The number of carbonyl (C=O) groups is 1. The zero-order valence-corrected chi connectivity index (χ0v) is 22.0. The lowest BCUT2D eigenvalue weighted by molar-refractivity contribution is -0.136. The van der Waals surface area contributed by atoms with Gasteiger partial charge in [0, 0.05) is 16.5 Å². The van der Waals surface area contributed by atoms with Gasteiger partial charge in [-0.05, 0) is 55.1 Å². The van der Waals surface area contributed by atoms with Gasteiger partial charge in [0.15, 0.2) is 4.80 Å². The minimum Gasteiger partial charge on any atom is -0.466 e. The molecule has 1 aliphatic rings.